The molecule has 6 heteroatoms. The van der Waals surface area contributed by atoms with E-state index in [0.717, 1.165) is 58.4 Å². The molecule has 2 aromatic carbocycles. The molecule has 0 bridgehead atoms. The molecule has 2 aliphatic rings. The van der Waals surface area contributed by atoms with Crippen LogP contribution < -0.4 is 15.5 Å². The summed E-state index contributed by atoms with van der Waals surface area (Å²) in [5, 5.41) is 5.56. The van der Waals surface area contributed by atoms with Gasteiger partial charge in [0.15, 0.2) is 0 Å². The van der Waals surface area contributed by atoms with Crippen molar-refractivity contribution in [2.45, 2.75) is 58.0 Å². The third-order valence-electron chi connectivity index (χ3n) is 7.60. The summed E-state index contributed by atoms with van der Waals surface area (Å²) >= 11 is 0. The van der Waals surface area contributed by atoms with Crippen LogP contribution in [-0.2, 0) is 17.8 Å². The highest BCUT2D eigenvalue weighted by atomic mass is 16.2. The Morgan fingerprint density at radius 1 is 0.941 bits per heavy atom. The number of carbonyl (C=O) groups excluding carboxylic acids is 2. The van der Waals surface area contributed by atoms with Gasteiger partial charge in [-0.2, -0.15) is 0 Å². The van der Waals surface area contributed by atoms with Crippen LogP contribution in [0.4, 0.5) is 10.5 Å². The molecule has 34 heavy (non-hydrogen) atoms. The smallest absolute Gasteiger partial charge is 0.322 e. The van der Waals surface area contributed by atoms with Crippen molar-refractivity contribution in [3.8, 4) is 0 Å². The van der Waals surface area contributed by atoms with E-state index in [1.165, 1.54) is 16.8 Å². The van der Waals surface area contributed by atoms with Gasteiger partial charge in [-0.3, -0.25) is 15.0 Å². The van der Waals surface area contributed by atoms with Crippen LogP contribution in [0.3, 0.4) is 0 Å². The second-order valence-corrected chi connectivity index (χ2v) is 9.61. The molecule has 6 nitrogen and oxygen atoms in total. The van der Waals surface area contributed by atoms with Gasteiger partial charge in [0.05, 0.1) is 0 Å². The summed E-state index contributed by atoms with van der Waals surface area (Å²) in [7, 11) is 0. The number of hydrogen-bond donors (Lipinski definition) is 2. The predicted molar refractivity (Wildman–Crippen MR) is 137 cm³/mol. The lowest BCUT2D eigenvalue weighted by atomic mass is 9.74. The van der Waals surface area contributed by atoms with Crippen LogP contribution in [0.1, 0.15) is 50.7 Å². The van der Waals surface area contributed by atoms with E-state index in [9.17, 15) is 9.59 Å². The van der Waals surface area contributed by atoms with Crippen LogP contribution in [0.15, 0.2) is 54.6 Å². The van der Waals surface area contributed by atoms with Gasteiger partial charge in [-0.15, -0.1) is 0 Å². The fourth-order valence-corrected chi connectivity index (χ4v) is 5.63. The van der Waals surface area contributed by atoms with Crippen LogP contribution in [0.25, 0.3) is 0 Å². The molecule has 2 saturated heterocycles. The standard InChI is InChI=1S/C28H38N4O2/c1-3-32(4-2)25-14-12-23(13-15-25)21-31-19-16-24(17-20-31)28(26(33)29-27(34)30-28)18-8-11-22-9-6-5-7-10-22/h5-7,9-10,12-15,24H,3-4,8,11,16-21H2,1-2H3,(H2,29,30,33,34)/t28-/m0/s1. The van der Waals surface area contributed by atoms with Crippen LogP contribution in [-0.4, -0.2) is 48.6 Å². The summed E-state index contributed by atoms with van der Waals surface area (Å²) in [5.41, 5.74) is 3.08. The van der Waals surface area contributed by atoms with Gasteiger partial charge in [0.1, 0.15) is 5.54 Å². The first-order valence-electron chi connectivity index (χ1n) is 12.8. The Morgan fingerprint density at radius 2 is 1.62 bits per heavy atom. The van der Waals surface area contributed by atoms with Crippen molar-refractivity contribution in [3.05, 3.63) is 65.7 Å². The summed E-state index contributed by atoms with van der Waals surface area (Å²) in [5.74, 6) is 0.0204. The van der Waals surface area contributed by atoms with Gasteiger partial charge in [0.2, 0.25) is 0 Å². The first-order valence-corrected chi connectivity index (χ1v) is 12.8. The van der Waals surface area contributed by atoms with E-state index in [4.69, 9.17) is 0 Å². The molecule has 2 aliphatic heterocycles. The molecule has 2 fully saturated rings. The van der Waals surface area contributed by atoms with Gasteiger partial charge in [-0.1, -0.05) is 42.5 Å². The molecule has 0 saturated carbocycles. The number of rotatable bonds is 10. The van der Waals surface area contributed by atoms with E-state index in [0.29, 0.717) is 6.42 Å². The maximum atomic E-state index is 12.9. The fraction of sp³-hybridized carbons (Fsp3) is 0.500. The van der Waals surface area contributed by atoms with Gasteiger partial charge in [0, 0.05) is 25.3 Å². The highest BCUT2D eigenvalue weighted by Crippen LogP contribution is 2.35. The average molecular weight is 463 g/mol. The Hall–Kier alpha value is -2.86. The second-order valence-electron chi connectivity index (χ2n) is 9.61. The minimum absolute atomic E-state index is 0.143. The number of aryl methyl sites for hydroxylation is 1. The van der Waals surface area contributed by atoms with Crippen LogP contribution >= 0.6 is 0 Å². The summed E-state index contributed by atoms with van der Waals surface area (Å²) < 4.78 is 0. The quantitative estimate of drug-likeness (QED) is 0.516. The first kappa shape index (κ1) is 24.3. The van der Waals surface area contributed by atoms with E-state index in [2.05, 4.69) is 70.7 Å². The minimum atomic E-state index is -0.774. The topological polar surface area (TPSA) is 64.7 Å². The molecule has 2 aromatic rings. The highest BCUT2D eigenvalue weighted by Gasteiger charge is 2.51. The van der Waals surface area contributed by atoms with E-state index in [-0.39, 0.29) is 17.9 Å². The molecule has 4 rings (SSSR count). The van der Waals surface area contributed by atoms with E-state index in [1.807, 2.05) is 18.2 Å². The number of likely N-dealkylation sites (tertiary alicyclic amines) is 1. The van der Waals surface area contributed by atoms with Crippen LogP contribution in [0.2, 0.25) is 0 Å². The van der Waals surface area contributed by atoms with Crippen molar-refractivity contribution in [1.29, 1.82) is 0 Å². The summed E-state index contributed by atoms with van der Waals surface area (Å²) in [4.78, 5) is 29.9. The lowest BCUT2D eigenvalue weighted by molar-refractivity contribution is -0.127. The Labute approximate surface area is 203 Å². The lowest BCUT2D eigenvalue weighted by Gasteiger charge is -2.40. The monoisotopic (exact) mass is 462 g/mol. The highest BCUT2D eigenvalue weighted by molar-refractivity contribution is 6.07. The number of urea groups is 1. The van der Waals surface area contributed by atoms with E-state index < -0.39 is 5.54 Å². The Morgan fingerprint density at radius 3 is 2.21 bits per heavy atom. The molecule has 182 valence electrons. The molecular formula is C28H38N4O2. The number of anilines is 1. The largest absolute Gasteiger partial charge is 0.372 e. The maximum Gasteiger partial charge on any atom is 0.322 e. The van der Waals surface area contributed by atoms with Crippen LogP contribution in [0, 0.1) is 5.92 Å². The van der Waals surface area contributed by atoms with Crippen LogP contribution in [0.5, 0.6) is 0 Å². The van der Waals surface area contributed by atoms with Crippen molar-refractivity contribution in [2.24, 2.45) is 5.92 Å². The number of carbonyl (C=O) groups is 2. The molecule has 1 atom stereocenters. The second kappa shape index (κ2) is 11.0. The van der Waals surface area contributed by atoms with E-state index >= 15 is 0 Å². The maximum absolute atomic E-state index is 12.9. The SMILES string of the molecule is CCN(CC)c1ccc(CN2CCC([C@]3(CCCc4ccccc4)NC(=O)NC3=O)CC2)cc1. The molecule has 0 spiro atoms. The van der Waals surface area contributed by atoms with Gasteiger partial charge in [-0.05, 0) is 88.2 Å². The summed E-state index contributed by atoms with van der Waals surface area (Å²) in [6.45, 7) is 9.19. The van der Waals surface area contributed by atoms with Crippen molar-refractivity contribution in [2.75, 3.05) is 31.1 Å². The number of benzene rings is 2. The zero-order valence-corrected chi connectivity index (χ0v) is 20.6. The fourth-order valence-electron chi connectivity index (χ4n) is 5.63. The molecule has 3 amide bonds. The van der Waals surface area contributed by atoms with Gasteiger partial charge < -0.3 is 10.2 Å². The molecule has 0 aromatic heterocycles. The van der Waals surface area contributed by atoms with Crippen molar-refractivity contribution in [3.63, 3.8) is 0 Å². The third kappa shape index (κ3) is 5.44. The third-order valence-corrected chi connectivity index (χ3v) is 7.60. The summed E-state index contributed by atoms with van der Waals surface area (Å²) in [6, 6.07) is 18.9. The Kier molecular flexibility index (Phi) is 7.88. The zero-order valence-electron chi connectivity index (χ0n) is 20.6. The number of nitrogens with one attached hydrogen (secondary N) is 2. The number of nitrogens with zero attached hydrogens (tertiary/aromatic N) is 2. The molecule has 0 unspecified atom stereocenters. The van der Waals surface area contributed by atoms with Gasteiger partial charge in [0.25, 0.3) is 5.91 Å². The number of amides is 3. The van der Waals surface area contributed by atoms with Gasteiger partial charge >= 0.3 is 6.03 Å². The van der Waals surface area contributed by atoms with Crippen molar-refractivity contribution in [1.82, 2.24) is 15.5 Å². The van der Waals surface area contributed by atoms with Crippen molar-refractivity contribution >= 4 is 17.6 Å². The Balaban J connectivity index is 1.34. The Bertz CT molecular complexity index is 950. The lowest BCUT2D eigenvalue weighted by Crippen LogP contribution is -2.56. The normalized spacial score (nSPS) is 21.4. The number of hydrogen-bond acceptors (Lipinski definition) is 4. The molecule has 0 aliphatic carbocycles. The number of imide groups is 1. The number of piperidine rings is 1. The predicted octanol–water partition coefficient (Wildman–Crippen LogP) is 4.35. The van der Waals surface area contributed by atoms with Crippen molar-refractivity contribution < 1.29 is 9.59 Å². The summed E-state index contributed by atoms with van der Waals surface area (Å²) in [6.07, 6.45) is 4.29. The molecule has 2 heterocycles. The molecule has 2 N–H and O–H groups in total. The van der Waals surface area contributed by atoms with E-state index in [1.54, 1.807) is 0 Å². The minimum Gasteiger partial charge on any atom is -0.372 e. The average Bonchev–Trinajstić information content (AvgIpc) is 3.15. The van der Waals surface area contributed by atoms with Gasteiger partial charge in [-0.25, -0.2) is 4.79 Å². The zero-order chi connectivity index (χ0) is 24.0. The molecular weight excluding hydrogens is 424 g/mol. The first-order chi connectivity index (χ1) is 16.5. The molecule has 0 radical (unpaired) electrons.